The number of imidazole rings is 1. The maximum Gasteiger partial charge on any atom is 0.113 e. The minimum absolute atomic E-state index is 0.455. The zero-order valence-electron chi connectivity index (χ0n) is 9.78. The van der Waals surface area contributed by atoms with E-state index in [1.165, 1.54) is 5.82 Å². The lowest BCUT2D eigenvalue weighted by molar-refractivity contribution is 0.373. The van der Waals surface area contributed by atoms with E-state index in [4.69, 9.17) is 0 Å². The second-order valence-corrected chi connectivity index (χ2v) is 4.24. The molecule has 1 rings (SSSR count). The lowest BCUT2D eigenvalue weighted by Crippen LogP contribution is -2.33. The van der Waals surface area contributed by atoms with Crippen LogP contribution < -0.4 is 5.32 Å². The van der Waals surface area contributed by atoms with Crippen molar-refractivity contribution in [2.45, 2.75) is 32.7 Å². The maximum absolute atomic E-state index is 4.43. The molecule has 0 amide bonds. The molecule has 1 aromatic rings. The lowest BCUT2D eigenvalue weighted by Gasteiger charge is -2.26. The summed E-state index contributed by atoms with van der Waals surface area (Å²) in [6.07, 6.45) is 3.88. The zero-order chi connectivity index (χ0) is 10.7. The van der Waals surface area contributed by atoms with Gasteiger partial charge in [-0.3, -0.25) is 0 Å². The van der Waals surface area contributed by atoms with Crippen LogP contribution in [0.2, 0.25) is 0 Å². The van der Waals surface area contributed by atoms with E-state index in [-0.39, 0.29) is 0 Å². The molecular formula is C11H21N3. The predicted octanol–water partition coefficient (Wildman–Crippen LogP) is 1.77. The third-order valence-corrected chi connectivity index (χ3v) is 2.87. The quantitative estimate of drug-likeness (QED) is 0.793. The number of aromatic nitrogens is 2. The standard InChI is InChI=1S/C11H21N3/c1-8(2)10(9(3)12-4)11-13-6-7-14(11)5/h6-10,12H,1-5H3. The molecule has 2 unspecified atom stereocenters. The molecule has 1 heterocycles. The van der Waals surface area contributed by atoms with Gasteiger partial charge in [0.1, 0.15) is 5.82 Å². The van der Waals surface area contributed by atoms with Gasteiger partial charge in [-0.2, -0.15) is 0 Å². The van der Waals surface area contributed by atoms with Crippen molar-refractivity contribution in [1.29, 1.82) is 0 Å². The summed E-state index contributed by atoms with van der Waals surface area (Å²) in [5.41, 5.74) is 0. The summed E-state index contributed by atoms with van der Waals surface area (Å²) in [5.74, 6) is 2.24. The Morgan fingerprint density at radius 1 is 1.36 bits per heavy atom. The van der Waals surface area contributed by atoms with Gasteiger partial charge < -0.3 is 9.88 Å². The number of nitrogens with zero attached hydrogens (tertiary/aromatic N) is 2. The van der Waals surface area contributed by atoms with Gasteiger partial charge in [-0.05, 0) is 19.9 Å². The molecule has 0 aliphatic heterocycles. The van der Waals surface area contributed by atoms with Crippen LogP contribution in [0.5, 0.6) is 0 Å². The smallest absolute Gasteiger partial charge is 0.113 e. The van der Waals surface area contributed by atoms with Crippen LogP contribution in [-0.2, 0) is 7.05 Å². The fraction of sp³-hybridized carbons (Fsp3) is 0.727. The highest BCUT2D eigenvalue weighted by molar-refractivity contribution is 5.04. The molecule has 0 spiro atoms. The van der Waals surface area contributed by atoms with Gasteiger partial charge in [0.15, 0.2) is 0 Å². The van der Waals surface area contributed by atoms with E-state index in [2.05, 4.69) is 42.7 Å². The molecule has 1 aromatic heterocycles. The zero-order valence-corrected chi connectivity index (χ0v) is 9.78. The van der Waals surface area contributed by atoms with Gasteiger partial charge in [0.25, 0.3) is 0 Å². The van der Waals surface area contributed by atoms with E-state index in [0.29, 0.717) is 17.9 Å². The van der Waals surface area contributed by atoms with Crippen molar-refractivity contribution in [2.75, 3.05) is 7.05 Å². The summed E-state index contributed by atoms with van der Waals surface area (Å²) in [4.78, 5) is 4.43. The highest BCUT2D eigenvalue weighted by Crippen LogP contribution is 2.25. The van der Waals surface area contributed by atoms with E-state index >= 15 is 0 Å². The first-order chi connectivity index (χ1) is 6.57. The average Bonchev–Trinajstić information content (AvgIpc) is 2.52. The van der Waals surface area contributed by atoms with Crippen LogP contribution in [0.1, 0.15) is 32.5 Å². The molecule has 0 aromatic carbocycles. The Bertz CT molecular complexity index is 278. The predicted molar refractivity (Wildman–Crippen MR) is 59.3 cm³/mol. The fourth-order valence-electron chi connectivity index (χ4n) is 1.98. The van der Waals surface area contributed by atoms with Crippen molar-refractivity contribution >= 4 is 0 Å². The van der Waals surface area contributed by atoms with Gasteiger partial charge >= 0.3 is 0 Å². The summed E-state index contributed by atoms with van der Waals surface area (Å²) >= 11 is 0. The van der Waals surface area contributed by atoms with Crippen LogP contribution in [-0.4, -0.2) is 22.6 Å². The molecule has 3 heteroatoms. The average molecular weight is 195 g/mol. The Morgan fingerprint density at radius 2 is 2.00 bits per heavy atom. The van der Waals surface area contributed by atoms with Crippen molar-refractivity contribution in [3.05, 3.63) is 18.2 Å². The van der Waals surface area contributed by atoms with E-state index in [1.807, 2.05) is 19.4 Å². The maximum atomic E-state index is 4.43. The van der Waals surface area contributed by atoms with Crippen LogP contribution in [0.15, 0.2) is 12.4 Å². The molecule has 0 saturated carbocycles. The van der Waals surface area contributed by atoms with Crippen molar-refractivity contribution in [1.82, 2.24) is 14.9 Å². The van der Waals surface area contributed by atoms with Crippen LogP contribution in [0.4, 0.5) is 0 Å². The molecule has 0 aliphatic rings. The third kappa shape index (κ3) is 2.15. The first-order valence-electron chi connectivity index (χ1n) is 5.22. The minimum Gasteiger partial charge on any atom is -0.338 e. The lowest BCUT2D eigenvalue weighted by atomic mass is 9.88. The molecule has 0 bridgehead atoms. The van der Waals surface area contributed by atoms with Crippen molar-refractivity contribution in [3.63, 3.8) is 0 Å². The highest BCUT2D eigenvalue weighted by atomic mass is 15.1. The molecule has 2 atom stereocenters. The highest BCUT2D eigenvalue weighted by Gasteiger charge is 2.24. The number of nitrogens with one attached hydrogen (secondary N) is 1. The van der Waals surface area contributed by atoms with Crippen molar-refractivity contribution in [3.8, 4) is 0 Å². The minimum atomic E-state index is 0.455. The Morgan fingerprint density at radius 3 is 2.36 bits per heavy atom. The van der Waals surface area contributed by atoms with Crippen molar-refractivity contribution in [2.24, 2.45) is 13.0 Å². The SMILES string of the molecule is CNC(C)C(c1nccn1C)C(C)C. The number of likely N-dealkylation sites (N-methyl/N-ethyl adjacent to an activating group) is 1. The van der Waals surface area contributed by atoms with Gasteiger partial charge in [-0.25, -0.2) is 4.98 Å². The summed E-state index contributed by atoms with van der Waals surface area (Å²) in [7, 11) is 4.06. The monoisotopic (exact) mass is 195 g/mol. The van der Waals surface area contributed by atoms with E-state index in [9.17, 15) is 0 Å². The van der Waals surface area contributed by atoms with Crippen LogP contribution in [0.25, 0.3) is 0 Å². The number of hydrogen-bond acceptors (Lipinski definition) is 2. The molecule has 1 N–H and O–H groups in total. The molecule has 80 valence electrons. The molecule has 3 nitrogen and oxygen atoms in total. The molecule has 14 heavy (non-hydrogen) atoms. The second-order valence-electron chi connectivity index (χ2n) is 4.24. The number of rotatable bonds is 4. The topological polar surface area (TPSA) is 29.9 Å². The fourth-order valence-corrected chi connectivity index (χ4v) is 1.98. The Labute approximate surface area is 86.5 Å². The normalized spacial score (nSPS) is 15.9. The third-order valence-electron chi connectivity index (χ3n) is 2.87. The Kier molecular flexibility index (Phi) is 3.69. The van der Waals surface area contributed by atoms with Gasteiger partial charge in [-0.1, -0.05) is 13.8 Å². The number of hydrogen-bond donors (Lipinski definition) is 1. The Balaban J connectivity index is 2.94. The van der Waals surface area contributed by atoms with E-state index in [0.717, 1.165) is 0 Å². The number of aryl methyl sites for hydroxylation is 1. The molecule has 0 radical (unpaired) electrons. The van der Waals surface area contributed by atoms with Gasteiger partial charge in [0.05, 0.1) is 0 Å². The largest absolute Gasteiger partial charge is 0.338 e. The summed E-state index contributed by atoms with van der Waals surface area (Å²) < 4.78 is 2.11. The first-order valence-corrected chi connectivity index (χ1v) is 5.22. The van der Waals surface area contributed by atoms with Gasteiger partial charge in [0.2, 0.25) is 0 Å². The van der Waals surface area contributed by atoms with Crippen LogP contribution in [0, 0.1) is 5.92 Å². The second kappa shape index (κ2) is 4.60. The molecular weight excluding hydrogens is 174 g/mol. The Hall–Kier alpha value is -0.830. The van der Waals surface area contributed by atoms with Crippen molar-refractivity contribution < 1.29 is 0 Å². The summed E-state index contributed by atoms with van der Waals surface area (Å²) in [6, 6.07) is 0.455. The molecule has 0 saturated heterocycles. The molecule has 0 aliphatic carbocycles. The molecule has 0 fully saturated rings. The van der Waals surface area contributed by atoms with E-state index < -0.39 is 0 Å². The van der Waals surface area contributed by atoms with Gasteiger partial charge in [0, 0.05) is 31.4 Å². The summed E-state index contributed by atoms with van der Waals surface area (Å²) in [6.45, 7) is 6.69. The van der Waals surface area contributed by atoms with Gasteiger partial charge in [-0.15, -0.1) is 0 Å². The van der Waals surface area contributed by atoms with E-state index in [1.54, 1.807) is 0 Å². The van der Waals surface area contributed by atoms with Crippen LogP contribution >= 0.6 is 0 Å². The summed E-state index contributed by atoms with van der Waals surface area (Å²) in [5, 5.41) is 3.31. The first kappa shape index (κ1) is 11.2. The van der Waals surface area contributed by atoms with Crippen LogP contribution in [0.3, 0.4) is 0 Å².